The van der Waals surface area contributed by atoms with E-state index in [0.717, 1.165) is 29.0 Å². The highest BCUT2D eigenvalue weighted by Crippen LogP contribution is 2.34. The van der Waals surface area contributed by atoms with Gasteiger partial charge in [-0.1, -0.05) is 29.4 Å². The second kappa shape index (κ2) is 5.32. The van der Waals surface area contributed by atoms with Gasteiger partial charge in [0.2, 0.25) is 0 Å². The van der Waals surface area contributed by atoms with Gasteiger partial charge in [-0.25, -0.2) is 0 Å². The number of aryl methyl sites for hydroxylation is 1. The Morgan fingerprint density at radius 1 is 1.04 bits per heavy atom. The molecule has 4 nitrogen and oxygen atoms in total. The summed E-state index contributed by atoms with van der Waals surface area (Å²) < 4.78 is 7.72. The highest BCUT2D eigenvalue weighted by atomic mass is 16.5. The standard InChI is InChI=1S/C19H16N2O2/c1-2-21-10-9-14-3-4-15(11-18(14)21)19-17(12-20-23-19)13-5-7-16(22)8-6-13/h3-12,22H,2H2,1H3. The smallest absolute Gasteiger partial charge is 0.174 e. The third kappa shape index (κ3) is 2.28. The van der Waals surface area contributed by atoms with Crippen molar-refractivity contribution in [2.24, 2.45) is 0 Å². The van der Waals surface area contributed by atoms with Crippen molar-refractivity contribution in [1.82, 2.24) is 9.72 Å². The molecule has 0 saturated carbocycles. The van der Waals surface area contributed by atoms with Gasteiger partial charge in [-0.3, -0.25) is 0 Å². The Morgan fingerprint density at radius 2 is 1.83 bits per heavy atom. The van der Waals surface area contributed by atoms with Crippen LogP contribution in [0.2, 0.25) is 0 Å². The van der Waals surface area contributed by atoms with E-state index >= 15 is 0 Å². The van der Waals surface area contributed by atoms with Crippen LogP contribution in [0.25, 0.3) is 33.4 Å². The monoisotopic (exact) mass is 304 g/mol. The quantitative estimate of drug-likeness (QED) is 0.597. The lowest BCUT2D eigenvalue weighted by molar-refractivity contribution is 0.432. The van der Waals surface area contributed by atoms with Gasteiger partial charge in [0.15, 0.2) is 5.76 Å². The van der Waals surface area contributed by atoms with Crippen molar-refractivity contribution in [2.45, 2.75) is 13.5 Å². The number of benzene rings is 2. The molecule has 23 heavy (non-hydrogen) atoms. The number of phenols is 1. The average molecular weight is 304 g/mol. The highest BCUT2D eigenvalue weighted by Gasteiger charge is 2.14. The molecule has 0 atom stereocenters. The molecule has 4 aromatic rings. The molecular formula is C19H16N2O2. The van der Waals surface area contributed by atoms with E-state index in [-0.39, 0.29) is 5.75 Å². The van der Waals surface area contributed by atoms with Gasteiger partial charge in [0.25, 0.3) is 0 Å². The van der Waals surface area contributed by atoms with E-state index in [1.807, 2.05) is 18.2 Å². The number of phenolic OH excluding ortho intramolecular Hbond substituents is 1. The predicted octanol–water partition coefficient (Wildman–Crippen LogP) is 4.69. The molecule has 0 bridgehead atoms. The van der Waals surface area contributed by atoms with Crippen molar-refractivity contribution < 1.29 is 9.63 Å². The molecule has 4 heteroatoms. The molecule has 0 saturated heterocycles. The maximum atomic E-state index is 9.45. The molecule has 0 aliphatic heterocycles. The van der Waals surface area contributed by atoms with Crippen LogP contribution in [0.4, 0.5) is 0 Å². The van der Waals surface area contributed by atoms with Crippen LogP contribution in [0.5, 0.6) is 5.75 Å². The fourth-order valence-corrected chi connectivity index (χ4v) is 2.90. The summed E-state index contributed by atoms with van der Waals surface area (Å²) in [5, 5.41) is 14.6. The number of aromatic hydroxyl groups is 1. The Morgan fingerprint density at radius 3 is 2.61 bits per heavy atom. The fraction of sp³-hybridized carbons (Fsp3) is 0.105. The zero-order chi connectivity index (χ0) is 15.8. The van der Waals surface area contributed by atoms with Crippen LogP contribution >= 0.6 is 0 Å². The Hall–Kier alpha value is -3.01. The Bertz CT molecular complexity index is 965. The highest BCUT2D eigenvalue weighted by molar-refractivity contribution is 5.88. The first-order valence-corrected chi connectivity index (χ1v) is 7.59. The van der Waals surface area contributed by atoms with E-state index in [0.29, 0.717) is 0 Å². The molecule has 2 aromatic heterocycles. The molecule has 4 rings (SSSR count). The van der Waals surface area contributed by atoms with Crippen molar-refractivity contribution in [2.75, 3.05) is 0 Å². The van der Waals surface area contributed by atoms with Gasteiger partial charge in [-0.15, -0.1) is 0 Å². The molecule has 0 fully saturated rings. The lowest BCUT2D eigenvalue weighted by atomic mass is 10.0. The topological polar surface area (TPSA) is 51.2 Å². The number of fused-ring (bicyclic) bond motifs is 1. The summed E-state index contributed by atoms with van der Waals surface area (Å²) in [7, 11) is 0. The van der Waals surface area contributed by atoms with Crippen LogP contribution in [0.3, 0.4) is 0 Å². The summed E-state index contributed by atoms with van der Waals surface area (Å²) in [4.78, 5) is 0. The van der Waals surface area contributed by atoms with E-state index < -0.39 is 0 Å². The number of rotatable bonds is 3. The van der Waals surface area contributed by atoms with Crippen LogP contribution in [-0.4, -0.2) is 14.8 Å². The molecule has 0 spiro atoms. The largest absolute Gasteiger partial charge is 0.508 e. The van der Waals surface area contributed by atoms with E-state index in [4.69, 9.17) is 4.52 Å². The van der Waals surface area contributed by atoms with Crippen molar-refractivity contribution >= 4 is 10.9 Å². The predicted molar refractivity (Wildman–Crippen MR) is 90.2 cm³/mol. The van der Waals surface area contributed by atoms with E-state index in [2.05, 4.69) is 41.0 Å². The van der Waals surface area contributed by atoms with Crippen molar-refractivity contribution in [3.05, 3.63) is 60.9 Å². The maximum Gasteiger partial charge on any atom is 0.174 e. The van der Waals surface area contributed by atoms with Crippen molar-refractivity contribution in [1.29, 1.82) is 0 Å². The molecule has 2 heterocycles. The van der Waals surface area contributed by atoms with Gasteiger partial charge in [-0.2, -0.15) is 0 Å². The number of hydrogen-bond donors (Lipinski definition) is 1. The van der Waals surface area contributed by atoms with Gasteiger partial charge >= 0.3 is 0 Å². The first-order chi connectivity index (χ1) is 11.3. The Kier molecular flexibility index (Phi) is 3.15. The van der Waals surface area contributed by atoms with Gasteiger partial charge < -0.3 is 14.2 Å². The van der Waals surface area contributed by atoms with E-state index in [9.17, 15) is 5.11 Å². The average Bonchev–Trinajstić information content (AvgIpc) is 3.21. The summed E-state index contributed by atoms with van der Waals surface area (Å²) in [6.45, 7) is 3.05. The van der Waals surface area contributed by atoms with E-state index in [1.54, 1.807) is 18.3 Å². The third-order valence-electron chi connectivity index (χ3n) is 4.13. The Balaban J connectivity index is 1.85. The minimum absolute atomic E-state index is 0.244. The van der Waals surface area contributed by atoms with Gasteiger partial charge in [-0.05, 0) is 42.1 Å². The zero-order valence-corrected chi connectivity index (χ0v) is 12.7. The maximum absolute atomic E-state index is 9.45. The second-order valence-corrected chi connectivity index (χ2v) is 5.49. The van der Waals surface area contributed by atoms with Gasteiger partial charge in [0, 0.05) is 29.4 Å². The lowest BCUT2D eigenvalue weighted by Crippen LogP contribution is -1.90. The number of nitrogens with zero attached hydrogens (tertiary/aromatic N) is 2. The summed E-state index contributed by atoms with van der Waals surface area (Å²) in [6, 6.07) is 15.4. The van der Waals surface area contributed by atoms with Crippen LogP contribution in [0.15, 0.2) is 65.4 Å². The SMILES string of the molecule is CCn1ccc2ccc(-c3oncc3-c3ccc(O)cc3)cc21. The first kappa shape index (κ1) is 13.6. The van der Waals surface area contributed by atoms with Crippen LogP contribution < -0.4 is 0 Å². The van der Waals surface area contributed by atoms with Crippen molar-refractivity contribution in [3.63, 3.8) is 0 Å². The zero-order valence-electron chi connectivity index (χ0n) is 12.7. The molecule has 0 aliphatic rings. The number of aromatic nitrogens is 2. The van der Waals surface area contributed by atoms with E-state index in [1.165, 1.54) is 10.9 Å². The van der Waals surface area contributed by atoms with Gasteiger partial charge in [0.1, 0.15) is 5.75 Å². The lowest BCUT2D eigenvalue weighted by Gasteiger charge is -2.05. The third-order valence-corrected chi connectivity index (χ3v) is 4.13. The second-order valence-electron chi connectivity index (χ2n) is 5.49. The van der Waals surface area contributed by atoms with Crippen LogP contribution in [-0.2, 0) is 6.54 Å². The molecule has 0 radical (unpaired) electrons. The van der Waals surface area contributed by atoms with Crippen LogP contribution in [0.1, 0.15) is 6.92 Å². The van der Waals surface area contributed by atoms with Gasteiger partial charge in [0.05, 0.1) is 6.20 Å². The molecular weight excluding hydrogens is 288 g/mol. The molecule has 2 aromatic carbocycles. The minimum Gasteiger partial charge on any atom is -0.508 e. The fourth-order valence-electron chi connectivity index (χ4n) is 2.90. The summed E-state index contributed by atoms with van der Waals surface area (Å²) in [5.74, 6) is 0.982. The number of hydrogen-bond acceptors (Lipinski definition) is 3. The summed E-state index contributed by atoms with van der Waals surface area (Å²) in [6.07, 6.45) is 3.81. The van der Waals surface area contributed by atoms with Crippen molar-refractivity contribution in [3.8, 4) is 28.2 Å². The molecule has 114 valence electrons. The molecule has 0 amide bonds. The summed E-state index contributed by atoms with van der Waals surface area (Å²) in [5.41, 5.74) is 4.05. The summed E-state index contributed by atoms with van der Waals surface area (Å²) >= 11 is 0. The molecule has 0 unspecified atom stereocenters. The Labute approximate surface area is 133 Å². The molecule has 0 aliphatic carbocycles. The van der Waals surface area contributed by atoms with Crippen LogP contribution in [0, 0.1) is 0 Å². The normalized spacial score (nSPS) is 11.2. The first-order valence-electron chi connectivity index (χ1n) is 7.59. The minimum atomic E-state index is 0.244. The molecule has 1 N–H and O–H groups in total.